The van der Waals surface area contributed by atoms with Crippen molar-refractivity contribution in [3.63, 3.8) is 0 Å². The topological polar surface area (TPSA) is 98.5 Å². The molecule has 0 bridgehead atoms. The van der Waals surface area contributed by atoms with E-state index in [0.29, 0.717) is 22.2 Å². The van der Waals surface area contributed by atoms with Crippen molar-refractivity contribution in [2.24, 2.45) is 0 Å². The van der Waals surface area contributed by atoms with E-state index < -0.39 is 5.97 Å². The van der Waals surface area contributed by atoms with Gasteiger partial charge >= 0.3 is 5.97 Å². The van der Waals surface area contributed by atoms with Gasteiger partial charge in [0.2, 0.25) is 11.1 Å². The zero-order chi connectivity index (χ0) is 18.7. The first-order chi connectivity index (χ1) is 12.5. The third kappa shape index (κ3) is 3.99. The van der Waals surface area contributed by atoms with Crippen LogP contribution >= 0.6 is 11.8 Å². The Labute approximate surface area is 154 Å². The predicted molar refractivity (Wildman–Crippen MR) is 97.4 cm³/mol. The Balaban J connectivity index is 1.64. The number of amides is 1. The largest absolute Gasteiger partial charge is 0.465 e. The van der Waals surface area contributed by atoms with Crippen LogP contribution < -0.4 is 5.32 Å². The van der Waals surface area contributed by atoms with E-state index in [1.54, 1.807) is 28.8 Å². The molecule has 0 spiro atoms. The molecule has 1 N–H and O–H groups in total. The average Bonchev–Trinajstić information content (AvgIpc) is 3.03. The molecule has 2 heterocycles. The quantitative estimate of drug-likeness (QED) is 0.542. The summed E-state index contributed by atoms with van der Waals surface area (Å²) in [6.07, 6.45) is 0. The number of nitrogens with zero attached hydrogens (tertiary/aromatic N) is 4. The lowest BCUT2D eigenvalue weighted by Gasteiger charge is -2.05. The van der Waals surface area contributed by atoms with Crippen LogP contribution in [0.4, 0.5) is 5.69 Å². The highest BCUT2D eigenvalue weighted by molar-refractivity contribution is 7.99. The molecule has 3 rings (SSSR count). The first-order valence-electron chi connectivity index (χ1n) is 7.78. The molecule has 0 saturated carbocycles. The van der Waals surface area contributed by atoms with Crippen molar-refractivity contribution in [2.75, 3.05) is 18.2 Å². The van der Waals surface area contributed by atoms with Crippen molar-refractivity contribution in [3.05, 3.63) is 47.3 Å². The number of ether oxygens (including phenoxy) is 1. The Kier molecular flexibility index (Phi) is 5.17. The van der Waals surface area contributed by atoms with Crippen molar-refractivity contribution >= 4 is 35.1 Å². The minimum atomic E-state index is -0.456. The number of hydrogen-bond acceptors (Lipinski definition) is 7. The fourth-order valence-corrected chi connectivity index (χ4v) is 3.00. The first kappa shape index (κ1) is 17.9. The summed E-state index contributed by atoms with van der Waals surface area (Å²) in [5, 5.41) is 7.56. The zero-order valence-electron chi connectivity index (χ0n) is 14.5. The lowest BCUT2D eigenvalue weighted by molar-refractivity contribution is -0.113. The molecule has 8 nitrogen and oxygen atoms in total. The highest BCUT2D eigenvalue weighted by atomic mass is 32.2. The van der Waals surface area contributed by atoms with Gasteiger partial charge in [-0.05, 0) is 38.1 Å². The van der Waals surface area contributed by atoms with Crippen LogP contribution in [-0.4, -0.2) is 44.3 Å². The van der Waals surface area contributed by atoms with Crippen LogP contribution in [-0.2, 0) is 9.53 Å². The lowest BCUT2D eigenvalue weighted by Crippen LogP contribution is -2.14. The van der Waals surface area contributed by atoms with E-state index in [9.17, 15) is 9.59 Å². The molecule has 134 valence electrons. The standard InChI is InChI=1S/C17H17N5O3S/c1-10-7-11(2)22-16(18-10)20-17(21-22)26-9-14(23)19-13-6-4-5-12(8-13)15(24)25-3/h4-8H,9H2,1-3H3,(H,19,23). The third-order valence-electron chi connectivity index (χ3n) is 3.50. The van der Waals surface area contributed by atoms with Gasteiger partial charge in [0.1, 0.15) is 0 Å². The van der Waals surface area contributed by atoms with Gasteiger partial charge in [-0.1, -0.05) is 17.8 Å². The van der Waals surface area contributed by atoms with Gasteiger partial charge in [-0.15, -0.1) is 5.10 Å². The minimum absolute atomic E-state index is 0.136. The maximum absolute atomic E-state index is 12.1. The van der Waals surface area contributed by atoms with Gasteiger partial charge in [0.15, 0.2) is 0 Å². The van der Waals surface area contributed by atoms with Gasteiger partial charge in [0, 0.05) is 17.1 Å². The number of anilines is 1. The molecule has 0 saturated heterocycles. The fourth-order valence-electron chi connectivity index (χ4n) is 2.38. The Hall–Kier alpha value is -2.94. The van der Waals surface area contributed by atoms with Crippen molar-refractivity contribution in [1.29, 1.82) is 0 Å². The number of aromatic nitrogens is 4. The first-order valence-corrected chi connectivity index (χ1v) is 8.77. The highest BCUT2D eigenvalue weighted by Crippen LogP contribution is 2.17. The number of rotatable bonds is 5. The molecule has 0 unspecified atom stereocenters. The zero-order valence-corrected chi connectivity index (χ0v) is 15.3. The summed E-state index contributed by atoms with van der Waals surface area (Å²) < 4.78 is 6.31. The molecule has 1 amide bonds. The second-order valence-corrected chi connectivity index (χ2v) is 6.50. The van der Waals surface area contributed by atoms with Crippen molar-refractivity contribution < 1.29 is 14.3 Å². The number of carbonyl (C=O) groups excluding carboxylic acids is 2. The lowest BCUT2D eigenvalue weighted by atomic mass is 10.2. The number of nitrogens with one attached hydrogen (secondary N) is 1. The van der Waals surface area contributed by atoms with Crippen LogP contribution in [0.25, 0.3) is 5.78 Å². The van der Waals surface area contributed by atoms with E-state index in [0.717, 1.165) is 11.4 Å². The Bertz CT molecular complexity index is 986. The number of thioether (sulfide) groups is 1. The maximum atomic E-state index is 12.1. The summed E-state index contributed by atoms with van der Waals surface area (Å²) in [6.45, 7) is 3.82. The van der Waals surface area contributed by atoms with Gasteiger partial charge in [0.05, 0.1) is 18.4 Å². The van der Waals surface area contributed by atoms with Crippen LogP contribution in [0.3, 0.4) is 0 Å². The molecular weight excluding hydrogens is 354 g/mol. The van der Waals surface area contributed by atoms with E-state index in [2.05, 4.69) is 25.1 Å². The number of carbonyl (C=O) groups is 2. The molecule has 2 aromatic heterocycles. The summed E-state index contributed by atoms with van der Waals surface area (Å²) in [5.41, 5.74) is 2.68. The van der Waals surface area contributed by atoms with Crippen LogP contribution in [0.5, 0.6) is 0 Å². The minimum Gasteiger partial charge on any atom is -0.465 e. The summed E-state index contributed by atoms with van der Waals surface area (Å²) >= 11 is 1.22. The molecule has 0 fully saturated rings. The summed E-state index contributed by atoms with van der Waals surface area (Å²) in [5.74, 6) is -0.0346. The van der Waals surface area contributed by atoms with Crippen LogP contribution in [0, 0.1) is 13.8 Å². The normalized spacial score (nSPS) is 10.7. The van der Waals surface area contributed by atoms with Gasteiger partial charge in [0.25, 0.3) is 5.78 Å². The van der Waals surface area contributed by atoms with E-state index >= 15 is 0 Å². The molecule has 3 aromatic rings. The Morgan fingerprint density at radius 1 is 1.23 bits per heavy atom. The molecule has 0 atom stereocenters. The number of fused-ring (bicyclic) bond motifs is 1. The molecule has 0 aliphatic rings. The molecular formula is C17H17N5O3S. The highest BCUT2D eigenvalue weighted by Gasteiger charge is 2.12. The molecule has 0 aliphatic heterocycles. The number of esters is 1. The average molecular weight is 371 g/mol. The summed E-state index contributed by atoms with van der Waals surface area (Å²) in [4.78, 5) is 32.3. The summed E-state index contributed by atoms with van der Waals surface area (Å²) in [7, 11) is 1.31. The number of methoxy groups -OCH3 is 1. The SMILES string of the molecule is COC(=O)c1cccc(NC(=O)CSc2nc3nc(C)cc(C)n3n2)c1. The molecule has 9 heteroatoms. The fraction of sp³-hybridized carbons (Fsp3) is 0.235. The Morgan fingerprint density at radius 3 is 2.81 bits per heavy atom. The van der Waals surface area contributed by atoms with Gasteiger partial charge in [-0.25, -0.2) is 14.3 Å². The van der Waals surface area contributed by atoms with E-state index in [4.69, 9.17) is 0 Å². The van der Waals surface area contributed by atoms with Gasteiger partial charge < -0.3 is 10.1 Å². The number of hydrogen-bond donors (Lipinski definition) is 1. The van der Waals surface area contributed by atoms with Gasteiger partial charge in [-0.2, -0.15) is 4.98 Å². The molecule has 0 aliphatic carbocycles. The van der Waals surface area contributed by atoms with E-state index in [1.165, 1.54) is 18.9 Å². The second-order valence-electron chi connectivity index (χ2n) is 5.55. The van der Waals surface area contributed by atoms with Crippen LogP contribution in [0.1, 0.15) is 21.7 Å². The van der Waals surface area contributed by atoms with Crippen LogP contribution in [0.2, 0.25) is 0 Å². The van der Waals surface area contributed by atoms with Crippen molar-refractivity contribution in [3.8, 4) is 0 Å². The molecule has 26 heavy (non-hydrogen) atoms. The van der Waals surface area contributed by atoms with E-state index in [1.807, 2.05) is 19.9 Å². The summed E-state index contributed by atoms with van der Waals surface area (Å²) in [6, 6.07) is 8.47. The van der Waals surface area contributed by atoms with Crippen molar-refractivity contribution in [2.45, 2.75) is 19.0 Å². The van der Waals surface area contributed by atoms with E-state index in [-0.39, 0.29) is 11.7 Å². The number of benzene rings is 1. The van der Waals surface area contributed by atoms with Gasteiger partial charge in [-0.3, -0.25) is 4.79 Å². The molecule has 0 radical (unpaired) electrons. The predicted octanol–water partition coefficient (Wildman–Crippen LogP) is 2.26. The Morgan fingerprint density at radius 2 is 2.04 bits per heavy atom. The monoisotopic (exact) mass is 371 g/mol. The molecule has 1 aromatic carbocycles. The second kappa shape index (κ2) is 7.52. The maximum Gasteiger partial charge on any atom is 0.337 e. The third-order valence-corrected chi connectivity index (χ3v) is 4.34. The smallest absolute Gasteiger partial charge is 0.337 e. The van der Waals surface area contributed by atoms with Crippen molar-refractivity contribution in [1.82, 2.24) is 19.6 Å². The van der Waals surface area contributed by atoms with Crippen LogP contribution in [0.15, 0.2) is 35.5 Å². The number of aryl methyl sites for hydroxylation is 2.